The molecule has 0 radical (unpaired) electrons. The molecule has 0 aliphatic carbocycles. The number of hydrogen-bond donors (Lipinski definition) is 2. The molecular formula is C12H16N2O4S. The number of rotatable bonds is 6. The molecule has 1 unspecified atom stereocenters. The van der Waals surface area contributed by atoms with Crippen LogP contribution in [0.2, 0.25) is 0 Å². The van der Waals surface area contributed by atoms with Gasteiger partial charge in [-0.15, -0.1) is 0 Å². The molecule has 19 heavy (non-hydrogen) atoms. The van der Waals surface area contributed by atoms with Gasteiger partial charge < -0.3 is 9.67 Å². The van der Waals surface area contributed by atoms with Gasteiger partial charge in [0.1, 0.15) is 5.69 Å². The van der Waals surface area contributed by atoms with Crippen LogP contribution < -0.4 is 5.32 Å². The summed E-state index contributed by atoms with van der Waals surface area (Å²) in [6.07, 6.45) is 1.71. The molecular weight excluding hydrogens is 268 g/mol. The summed E-state index contributed by atoms with van der Waals surface area (Å²) in [5.74, 6) is -1.89. The van der Waals surface area contributed by atoms with Crippen molar-refractivity contribution in [1.29, 1.82) is 0 Å². The predicted octanol–water partition coefficient (Wildman–Crippen LogP) is 0.735. The molecule has 104 valence electrons. The molecule has 2 N–H and O–H groups in total. The van der Waals surface area contributed by atoms with Crippen LogP contribution >= 0.6 is 11.8 Å². The Bertz CT molecular complexity index is 484. The second-order valence-corrected chi connectivity index (χ2v) is 5.17. The lowest BCUT2D eigenvalue weighted by atomic mass is 10.2. The zero-order chi connectivity index (χ0) is 14.4. The van der Waals surface area contributed by atoms with Gasteiger partial charge in [0.15, 0.2) is 0 Å². The fourth-order valence-corrected chi connectivity index (χ4v) is 2.19. The van der Waals surface area contributed by atoms with E-state index in [-0.39, 0.29) is 5.75 Å². The third-order valence-electron chi connectivity index (χ3n) is 2.45. The molecule has 1 atom stereocenters. The Labute approximate surface area is 115 Å². The Balaban J connectivity index is 2.34. The summed E-state index contributed by atoms with van der Waals surface area (Å²) in [4.78, 5) is 33.8. The maximum Gasteiger partial charge on any atom is 0.307 e. The van der Waals surface area contributed by atoms with Crippen LogP contribution in [0.4, 0.5) is 0 Å². The number of carboxylic acids is 1. The van der Waals surface area contributed by atoms with Gasteiger partial charge in [-0.25, -0.2) is 0 Å². The van der Waals surface area contributed by atoms with Crippen LogP contribution in [0, 0.1) is 5.92 Å². The van der Waals surface area contributed by atoms with E-state index in [1.165, 1.54) is 11.8 Å². The van der Waals surface area contributed by atoms with Crippen LogP contribution in [0.1, 0.15) is 17.4 Å². The number of carbonyl (C=O) groups excluding carboxylic acids is 2. The van der Waals surface area contributed by atoms with Crippen molar-refractivity contribution in [1.82, 2.24) is 9.88 Å². The molecule has 0 aliphatic heterocycles. The Kier molecular flexibility index (Phi) is 5.62. The second-order valence-electron chi connectivity index (χ2n) is 4.14. The third-order valence-corrected chi connectivity index (χ3v) is 3.65. The predicted molar refractivity (Wildman–Crippen MR) is 72.0 cm³/mol. The van der Waals surface area contributed by atoms with Gasteiger partial charge >= 0.3 is 5.97 Å². The zero-order valence-electron chi connectivity index (χ0n) is 10.8. The van der Waals surface area contributed by atoms with Gasteiger partial charge in [0, 0.05) is 19.0 Å². The highest BCUT2D eigenvalue weighted by Gasteiger charge is 2.14. The van der Waals surface area contributed by atoms with Crippen molar-refractivity contribution in [2.75, 3.05) is 11.5 Å². The topological polar surface area (TPSA) is 88.4 Å². The van der Waals surface area contributed by atoms with Crippen molar-refractivity contribution < 1.29 is 19.5 Å². The van der Waals surface area contributed by atoms with E-state index in [1.54, 1.807) is 36.9 Å². The number of hydrogen-bond acceptors (Lipinski definition) is 4. The SMILES string of the molecule is CC(CSCC(=O)NC(=O)c1cccn1C)C(=O)O. The standard InChI is InChI=1S/C12H16N2O4S/c1-8(12(17)18)6-19-7-10(15)13-11(16)9-4-3-5-14(9)2/h3-5,8H,6-7H2,1-2H3,(H,17,18)(H,13,15,16). The lowest BCUT2D eigenvalue weighted by molar-refractivity contribution is -0.140. The average Bonchev–Trinajstić information content (AvgIpc) is 2.75. The third kappa shape index (κ3) is 4.78. The minimum absolute atomic E-state index is 0.0633. The Morgan fingerprint density at radius 3 is 2.68 bits per heavy atom. The van der Waals surface area contributed by atoms with E-state index in [9.17, 15) is 14.4 Å². The van der Waals surface area contributed by atoms with Crippen LogP contribution in [0.5, 0.6) is 0 Å². The molecule has 0 fully saturated rings. The van der Waals surface area contributed by atoms with E-state index in [0.29, 0.717) is 11.4 Å². The molecule has 0 aliphatic rings. The molecule has 0 saturated heterocycles. The molecule has 6 nitrogen and oxygen atoms in total. The molecule has 0 bridgehead atoms. The quantitative estimate of drug-likeness (QED) is 0.804. The van der Waals surface area contributed by atoms with Crippen LogP contribution in [0.15, 0.2) is 18.3 Å². The van der Waals surface area contributed by atoms with E-state index in [1.807, 2.05) is 0 Å². The van der Waals surface area contributed by atoms with Gasteiger partial charge in [-0.05, 0) is 12.1 Å². The zero-order valence-corrected chi connectivity index (χ0v) is 11.6. The Morgan fingerprint density at radius 1 is 1.47 bits per heavy atom. The normalized spacial score (nSPS) is 11.9. The fourth-order valence-electron chi connectivity index (χ4n) is 1.32. The minimum Gasteiger partial charge on any atom is -0.481 e. The summed E-state index contributed by atoms with van der Waals surface area (Å²) in [7, 11) is 1.71. The lowest BCUT2D eigenvalue weighted by Gasteiger charge is -2.06. The lowest BCUT2D eigenvalue weighted by Crippen LogP contribution is -2.33. The van der Waals surface area contributed by atoms with Gasteiger partial charge in [-0.3, -0.25) is 19.7 Å². The number of aromatic nitrogens is 1. The molecule has 1 rings (SSSR count). The summed E-state index contributed by atoms with van der Waals surface area (Å²) >= 11 is 1.19. The number of carboxylic acid groups (broad SMARTS) is 1. The van der Waals surface area contributed by atoms with E-state index in [0.717, 1.165) is 0 Å². The van der Waals surface area contributed by atoms with Crippen LogP contribution in [-0.4, -0.2) is 39.0 Å². The van der Waals surface area contributed by atoms with Crippen LogP contribution in [0.3, 0.4) is 0 Å². The van der Waals surface area contributed by atoms with Crippen molar-refractivity contribution in [2.45, 2.75) is 6.92 Å². The van der Waals surface area contributed by atoms with Crippen molar-refractivity contribution in [3.63, 3.8) is 0 Å². The van der Waals surface area contributed by atoms with E-state index in [2.05, 4.69) is 5.32 Å². The molecule has 1 aromatic heterocycles. The Hall–Kier alpha value is -1.76. The summed E-state index contributed by atoms with van der Waals surface area (Å²) in [5, 5.41) is 10.9. The van der Waals surface area contributed by atoms with Gasteiger partial charge in [0.2, 0.25) is 5.91 Å². The molecule has 1 aromatic rings. The molecule has 0 aromatic carbocycles. The maximum absolute atomic E-state index is 11.7. The van der Waals surface area contributed by atoms with Gasteiger partial charge in [0.05, 0.1) is 11.7 Å². The summed E-state index contributed by atoms with van der Waals surface area (Å²) in [6, 6.07) is 3.32. The number of thioether (sulfide) groups is 1. The molecule has 2 amide bonds. The highest BCUT2D eigenvalue weighted by atomic mass is 32.2. The van der Waals surface area contributed by atoms with Crippen molar-refractivity contribution in [3.05, 3.63) is 24.0 Å². The first-order valence-electron chi connectivity index (χ1n) is 5.68. The fraction of sp³-hybridized carbons (Fsp3) is 0.417. The average molecular weight is 284 g/mol. The number of nitrogens with one attached hydrogen (secondary N) is 1. The minimum atomic E-state index is -0.896. The first-order chi connectivity index (χ1) is 8.91. The number of amides is 2. The van der Waals surface area contributed by atoms with E-state index < -0.39 is 23.7 Å². The smallest absolute Gasteiger partial charge is 0.307 e. The Morgan fingerprint density at radius 2 is 2.16 bits per heavy atom. The highest BCUT2D eigenvalue weighted by molar-refractivity contribution is 7.99. The van der Waals surface area contributed by atoms with Gasteiger partial charge in [0.25, 0.3) is 5.91 Å². The number of carbonyl (C=O) groups is 3. The largest absolute Gasteiger partial charge is 0.481 e. The van der Waals surface area contributed by atoms with Crippen molar-refractivity contribution in [2.24, 2.45) is 13.0 Å². The first kappa shape index (κ1) is 15.3. The molecule has 0 spiro atoms. The van der Waals surface area contributed by atoms with Gasteiger partial charge in [-0.2, -0.15) is 11.8 Å². The summed E-state index contributed by atoms with van der Waals surface area (Å²) in [5.41, 5.74) is 0.400. The van der Waals surface area contributed by atoms with Crippen molar-refractivity contribution >= 4 is 29.5 Å². The number of aliphatic carboxylic acids is 1. The number of aryl methyl sites for hydroxylation is 1. The maximum atomic E-state index is 11.7. The molecule has 1 heterocycles. The number of nitrogens with zero attached hydrogens (tertiary/aromatic N) is 1. The summed E-state index contributed by atoms with van der Waals surface area (Å²) in [6.45, 7) is 1.57. The summed E-state index contributed by atoms with van der Waals surface area (Å²) < 4.78 is 1.61. The molecule has 7 heteroatoms. The number of imide groups is 1. The highest BCUT2D eigenvalue weighted by Crippen LogP contribution is 2.08. The second kappa shape index (κ2) is 6.98. The van der Waals surface area contributed by atoms with Crippen LogP contribution in [0.25, 0.3) is 0 Å². The molecule has 0 saturated carbocycles. The van der Waals surface area contributed by atoms with E-state index >= 15 is 0 Å². The first-order valence-corrected chi connectivity index (χ1v) is 6.83. The van der Waals surface area contributed by atoms with E-state index in [4.69, 9.17) is 5.11 Å². The van der Waals surface area contributed by atoms with Crippen molar-refractivity contribution in [3.8, 4) is 0 Å². The monoisotopic (exact) mass is 284 g/mol. The van der Waals surface area contributed by atoms with Crippen LogP contribution in [-0.2, 0) is 16.6 Å². The van der Waals surface area contributed by atoms with Gasteiger partial charge in [-0.1, -0.05) is 6.92 Å².